The van der Waals surface area contributed by atoms with E-state index >= 15 is 0 Å². The van der Waals surface area contributed by atoms with Crippen molar-refractivity contribution in [2.24, 2.45) is 0 Å². The molecule has 0 heterocycles. The highest BCUT2D eigenvalue weighted by atomic mass is 15.1. The summed E-state index contributed by atoms with van der Waals surface area (Å²) in [5.41, 5.74) is 19.5. The van der Waals surface area contributed by atoms with E-state index in [0.717, 1.165) is 34.1 Å². The Morgan fingerprint density at radius 3 is 1.13 bits per heavy atom. The predicted molar refractivity (Wildman–Crippen MR) is 285 cm³/mol. The molecule has 1 spiro atoms. The van der Waals surface area contributed by atoms with Crippen LogP contribution in [0.5, 0.6) is 0 Å². The third kappa shape index (κ3) is 6.34. The Morgan fingerprint density at radius 1 is 0.348 bits per heavy atom. The van der Waals surface area contributed by atoms with Crippen molar-refractivity contribution in [3.63, 3.8) is 0 Å². The van der Waals surface area contributed by atoms with Crippen LogP contribution in [0.15, 0.2) is 206 Å². The summed E-state index contributed by atoms with van der Waals surface area (Å²) in [5.74, 6) is 0.443. The minimum atomic E-state index is -0.636. The zero-order valence-electron chi connectivity index (χ0n) is 39.1. The van der Waals surface area contributed by atoms with Gasteiger partial charge in [0.05, 0.1) is 28.7 Å². The number of hydrogen-bond donors (Lipinski definition) is 0. The Hall–Kier alpha value is -8.70. The van der Waals surface area contributed by atoms with Crippen molar-refractivity contribution in [2.75, 3.05) is 9.80 Å². The molecule has 0 fully saturated rings. The Kier molecular flexibility index (Phi) is 9.84. The van der Waals surface area contributed by atoms with Gasteiger partial charge in [-0.2, -0.15) is 10.5 Å². The lowest BCUT2D eigenvalue weighted by Gasteiger charge is -2.34. The monoisotopic (exact) mass is 884 g/mol. The van der Waals surface area contributed by atoms with E-state index in [1.807, 2.05) is 48.5 Å². The number of rotatable bonds is 8. The van der Waals surface area contributed by atoms with Gasteiger partial charge in [-0.15, -0.1) is 0 Å². The molecule has 0 radical (unpaired) electrons. The van der Waals surface area contributed by atoms with Crippen LogP contribution in [0.2, 0.25) is 0 Å². The van der Waals surface area contributed by atoms with Gasteiger partial charge in [-0.3, -0.25) is 0 Å². The molecule has 0 aromatic heterocycles. The van der Waals surface area contributed by atoms with Crippen LogP contribution in [-0.2, 0) is 5.41 Å². The molecule has 10 aromatic rings. The van der Waals surface area contributed by atoms with Crippen LogP contribution in [0.3, 0.4) is 0 Å². The topological polar surface area (TPSA) is 54.1 Å². The molecule has 0 aliphatic heterocycles. The van der Waals surface area contributed by atoms with Crippen LogP contribution in [0, 0.1) is 22.7 Å². The first-order valence-electron chi connectivity index (χ1n) is 23.9. The third-order valence-electron chi connectivity index (χ3n) is 14.6. The molecule has 69 heavy (non-hydrogen) atoms. The van der Waals surface area contributed by atoms with E-state index in [9.17, 15) is 10.5 Å². The summed E-state index contributed by atoms with van der Waals surface area (Å²) in [7, 11) is 0. The largest absolute Gasteiger partial charge is 0.310 e. The van der Waals surface area contributed by atoms with Gasteiger partial charge >= 0.3 is 0 Å². The van der Waals surface area contributed by atoms with Gasteiger partial charge in [-0.25, -0.2) is 0 Å². The Morgan fingerprint density at radius 2 is 0.725 bits per heavy atom. The molecule has 2 aliphatic carbocycles. The molecule has 12 rings (SSSR count). The Balaban J connectivity index is 1.18. The van der Waals surface area contributed by atoms with Gasteiger partial charge in [0.2, 0.25) is 0 Å². The van der Waals surface area contributed by atoms with Crippen molar-refractivity contribution in [3.05, 3.63) is 251 Å². The van der Waals surface area contributed by atoms with Gasteiger partial charge in [0.1, 0.15) is 0 Å². The van der Waals surface area contributed by atoms with E-state index in [1.165, 1.54) is 77.2 Å². The van der Waals surface area contributed by atoms with Gasteiger partial charge in [-0.05, 0) is 186 Å². The lowest BCUT2D eigenvalue weighted by atomic mass is 9.67. The van der Waals surface area contributed by atoms with E-state index in [1.54, 1.807) is 0 Å². The molecule has 0 saturated carbocycles. The zero-order chi connectivity index (χ0) is 47.0. The third-order valence-corrected chi connectivity index (χ3v) is 14.6. The Labute approximate surface area is 404 Å². The number of nitrogens with zero attached hydrogens (tertiary/aromatic N) is 4. The highest BCUT2D eigenvalue weighted by Gasteiger charge is 2.53. The number of nitriles is 2. The van der Waals surface area contributed by atoms with Crippen molar-refractivity contribution in [1.29, 1.82) is 10.5 Å². The molecular weight excluding hydrogens is 837 g/mol. The van der Waals surface area contributed by atoms with Crippen LogP contribution in [-0.4, -0.2) is 0 Å². The summed E-state index contributed by atoms with van der Waals surface area (Å²) in [6.45, 7) is 9.27. The summed E-state index contributed by atoms with van der Waals surface area (Å²) in [5, 5.41) is 25.0. The van der Waals surface area contributed by atoms with Crippen LogP contribution in [0.4, 0.5) is 34.1 Å². The van der Waals surface area contributed by atoms with Crippen molar-refractivity contribution < 1.29 is 0 Å². The summed E-state index contributed by atoms with van der Waals surface area (Å²) in [6.07, 6.45) is 0. The molecule has 4 nitrogen and oxygen atoms in total. The molecule has 0 unspecified atom stereocenters. The highest BCUT2D eigenvalue weighted by molar-refractivity contribution is 6.11. The fraction of sp³-hybridized carbons (Fsp3) is 0.108. The van der Waals surface area contributed by atoms with Crippen LogP contribution in [0.25, 0.3) is 43.8 Å². The molecule has 0 saturated heterocycles. The van der Waals surface area contributed by atoms with E-state index in [4.69, 9.17) is 0 Å². The molecule has 0 atom stereocenters. The van der Waals surface area contributed by atoms with E-state index in [-0.39, 0.29) is 11.8 Å². The molecular formula is C65H48N4. The molecule has 328 valence electrons. The molecule has 10 aromatic carbocycles. The smallest absolute Gasteiger partial charge is 0.0992 e. The van der Waals surface area contributed by atoms with E-state index in [0.29, 0.717) is 11.1 Å². The van der Waals surface area contributed by atoms with Gasteiger partial charge in [0, 0.05) is 34.1 Å². The summed E-state index contributed by atoms with van der Waals surface area (Å²) >= 11 is 0. The van der Waals surface area contributed by atoms with Crippen molar-refractivity contribution in [2.45, 2.75) is 44.9 Å². The summed E-state index contributed by atoms with van der Waals surface area (Å²) in [6, 6.07) is 78.8. The SMILES string of the molecule is CC(C)c1cc2c(c3ccc(N(c4ccccc4)c4cccc(C#N)c4)cc13)C1(c3ccccc3-c3ccccc31)c1c-2cc(C(C)C)c2cc(N(c3ccccc3)c3cccc(C#N)c3)ccc12. The second kappa shape index (κ2) is 16.3. The lowest BCUT2D eigenvalue weighted by molar-refractivity contribution is 0.806. The summed E-state index contributed by atoms with van der Waals surface area (Å²) in [4.78, 5) is 4.55. The van der Waals surface area contributed by atoms with Crippen molar-refractivity contribution >= 4 is 55.7 Å². The molecule has 0 N–H and O–H groups in total. The Bertz CT molecular complexity index is 3530. The van der Waals surface area contributed by atoms with Crippen molar-refractivity contribution in [3.8, 4) is 34.4 Å². The molecule has 2 aliphatic rings. The van der Waals surface area contributed by atoms with Crippen LogP contribution in [0.1, 0.15) is 84.0 Å². The molecule has 0 bridgehead atoms. The normalized spacial score (nSPS) is 12.7. The number of anilines is 6. The van der Waals surface area contributed by atoms with Crippen molar-refractivity contribution in [1.82, 2.24) is 0 Å². The first-order valence-corrected chi connectivity index (χ1v) is 23.9. The maximum atomic E-state index is 10.0. The average molecular weight is 885 g/mol. The molecule has 4 heteroatoms. The number of hydrogen-bond acceptors (Lipinski definition) is 4. The fourth-order valence-corrected chi connectivity index (χ4v) is 11.7. The first-order chi connectivity index (χ1) is 33.8. The second-order valence-corrected chi connectivity index (χ2v) is 19.1. The van der Waals surface area contributed by atoms with E-state index < -0.39 is 5.41 Å². The quantitative estimate of drug-likeness (QED) is 0.153. The number of para-hydroxylation sites is 2. The highest BCUT2D eigenvalue weighted by Crippen LogP contribution is 2.66. The fourth-order valence-electron chi connectivity index (χ4n) is 11.7. The van der Waals surface area contributed by atoms with Gasteiger partial charge < -0.3 is 9.80 Å². The maximum absolute atomic E-state index is 10.0. The number of fused-ring (bicyclic) bond motifs is 14. The first kappa shape index (κ1) is 41.7. The lowest BCUT2D eigenvalue weighted by Crippen LogP contribution is -2.27. The maximum Gasteiger partial charge on any atom is 0.0992 e. The minimum Gasteiger partial charge on any atom is -0.310 e. The zero-order valence-corrected chi connectivity index (χ0v) is 39.1. The predicted octanol–water partition coefficient (Wildman–Crippen LogP) is 17.3. The van der Waals surface area contributed by atoms with Crippen LogP contribution >= 0.6 is 0 Å². The summed E-state index contributed by atoms with van der Waals surface area (Å²) < 4.78 is 0. The standard InChI is InChI=1S/C65H48N4/c1-41(2)55-37-59-60-38-56(42(3)4)58-36-50(69(46-21-9-6-10-22-46)48-24-16-18-44(34-48)40-67)30-32-54(58)64(60)65(61-27-13-11-25-51(61)52-26-12-14-28-62(52)65)63(59)53-31-29-49(35-57(53)55)68(45-19-7-5-8-20-45)47-23-15-17-43(33-47)39-66/h5-38,41-42H,1-4H3. The number of benzene rings is 10. The van der Waals surface area contributed by atoms with Gasteiger partial charge in [-0.1, -0.05) is 137 Å². The second-order valence-electron chi connectivity index (χ2n) is 19.1. The average Bonchev–Trinajstić information content (AvgIpc) is 3.86. The van der Waals surface area contributed by atoms with E-state index in [2.05, 4.69) is 207 Å². The molecule has 0 amide bonds. The van der Waals surface area contributed by atoms with Gasteiger partial charge in [0.15, 0.2) is 0 Å². The van der Waals surface area contributed by atoms with Crippen LogP contribution < -0.4 is 9.80 Å². The minimum absolute atomic E-state index is 0.222. The van der Waals surface area contributed by atoms with Gasteiger partial charge in [0.25, 0.3) is 0 Å².